The molecule has 4 nitrogen and oxygen atoms in total. The second-order valence-corrected chi connectivity index (χ2v) is 3.40. The molecule has 0 aliphatic rings. The van der Waals surface area contributed by atoms with Gasteiger partial charge in [-0.1, -0.05) is 25.1 Å². The van der Waals surface area contributed by atoms with Gasteiger partial charge in [0, 0.05) is 6.92 Å². The van der Waals surface area contributed by atoms with Gasteiger partial charge in [0.05, 0.1) is 0 Å². The van der Waals surface area contributed by atoms with Gasteiger partial charge in [-0.05, 0) is 18.6 Å². The molecule has 1 amide bonds. The van der Waals surface area contributed by atoms with Gasteiger partial charge in [-0.2, -0.15) is 0 Å². The van der Waals surface area contributed by atoms with Gasteiger partial charge >= 0.3 is 5.97 Å². The minimum Gasteiger partial charge on any atom is -0.425 e. The van der Waals surface area contributed by atoms with Crippen molar-refractivity contribution in [2.24, 2.45) is 0 Å². The largest absolute Gasteiger partial charge is 0.425 e. The summed E-state index contributed by atoms with van der Waals surface area (Å²) < 4.78 is 5.11. The van der Waals surface area contributed by atoms with Crippen molar-refractivity contribution in [3.8, 4) is 5.75 Å². The molecular formula is C12H15NO3. The fraction of sp³-hybridized carbons (Fsp3) is 0.333. The second-order valence-electron chi connectivity index (χ2n) is 3.40. The second kappa shape index (κ2) is 5.90. The van der Waals surface area contributed by atoms with Crippen LogP contribution in [0, 0.1) is 0 Å². The number of carbonyl (C=O) groups is 2. The van der Waals surface area contributed by atoms with Crippen molar-refractivity contribution in [1.82, 2.24) is 5.32 Å². The van der Waals surface area contributed by atoms with Gasteiger partial charge in [0.2, 0.25) is 5.91 Å². The number of esters is 1. The lowest BCUT2D eigenvalue weighted by Crippen LogP contribution is -2.41. The first kappa shape index (κ1) is 12.2. The van der Waals surface area contributed by atoms with E-state index in [0.29, 0.717) is 12.2 Å². The van der Waals surface area contributed by atoms with Gasteiger partial charge < -0.3 is 10.1 Å². The summed E-state index contributed by atoms with van der Waals surface area (Å²) in [4.78, 5) is 22.5. The Morgan fingerprint density at radius 3 is 2.44 bits per heavy atom. The van der Waals surface area contributed by atoms with Crippen LogP contribution in [0.3, 0.4) is 0 Å². The summed E-state index contributed by atoms with van der Waals surface area (Å²) in [5.74, 6) is -0.197. The topological polar surface area (TPSA) is 55.4 Å². The molecule has 0 radical (unpaired) electrons. The van der Waals surface area contributed by atoms with Gasteiger partial charge in [0.15, 0.2) is 0 Å². The predicted molar refractivity (Wildman–Crippen MR) is 60.0 cm³/mol. The van der Waals surface area contributed by atoms with E-state index in [-0.39, 0.29) is 5.91 Å². The lowest BCUT2D eigenvalue weighted by Gasteiger charge is -2.14. The highest BCUT2D eigenvalue weighted by atomic mass is 16.5. The minimum absolute atomic E-state index is 0.239. The van der Waals surface area contributed by atoms with Crippen LogP contribution in [0.4, 0.5) is 0 Å². The van der Waals surface area contributed by atoms with E-state index < -0.39 is 12.0 Å². The molecule has 1 unspecified atom stereocenters. The van der Waals surface area contributed by atoms with Gasteiger partial charge in [-0.3, -0.25) is 4.79 Å². The van der Waals surface area contributed by atoms with Crippen LogP contribution in [0.5, 0.6) is 5.75 Å². The molecule has 0 aliphatic heterocycles. The number of hydrogen-bond acceptors (Lipinski definition) is 3. The Morgan fingerprint density at radius 1 is 1.31 bits per heavy atom. The molecule has 0 aromatic heterocycles. The number of benzene rings is 1. The summed E-state index contributed by atoms with van der Waals surface area (Å²) in [5.41, 5.74) is 0. The summed E-state index contributed by atoms with van der Waals surface area (Å²) in [6.45, 7) is 3.19. The van der Waals surface area contributed by atoms with Crippen LogP contribution in [0.2, 0.25) is 0 Å². The predicted octanol–water partition coefficient (Wildman–Crippen LogP) is 1.51. The third kappa shape index (κ3) is 3.73. The average molecular weight is 221 g/mol. The Kier molecular flexibility index (Phi) is 4.51. The molecule has 4 heteroatoms. The summed E-state index contributed by atoms with van der Waals surface area (Å²) in [6, 6.07) is 8.20. The first-order valence-electron chi connectivity index (χ1n) is 5.17. The third-order valence-electron chi connectivity index (χ3n) is 2.03. The van der Waals surface area contributed by atoms with Crippen molar-refractivity contribution in [3.63, 3.8) is 0 Å². The van der Waals surface area contributed by atoms with Crippen molar-refractivity contribution in [1.29, 1.82) is 0 Å². The number of rotatable bonds is 4. The molecule has 0 fully saturated rings. The zero-order valence-electron chi connectivity index (χ0n) is 9.40. The molecule has 0 spiro atoms. The average Bonchev–Trinajstić information content (AvgIpc) is 2.26. The molecular weight excluding hydrogens is 206 g/mol. The van der Waals surface area contributed by atoms with Gasteiger partial charge in [0.25, 0.3) is 0 Å². The minimum atomic E-state index is -0.585. The van der Waals surface area contributed by atoms with Gasteiger partial charge in [-0.25, -0.2) is 4.79 Å². The molecule has 1 atom stereocenters. The summed E-state index contributed by atoms with van der Waals surface area (Å²) in [7, 11) is 0. The number of hydrogen-bond donors (Lipinski definition) is 1. The Balaban J connectivity index is 2.59. The van der Waals surface area contributed by atoms with E-state index in [1.54, 1.807) is 24.3 Å². The van der Waals surface area contributed by atoms with E-state index in [9.17, 15) is 9.59 Å². The molecule has 1 aromatic rings. The lowest BCUT2D eigenvalue weighted by atomic mass is 10.2. The van der Waals surface area contributed by atoms with E-state index in [4.69, 9.17) is 4.74 Å². The SMILES string of the molecule is CCC(NC(C)=O)C(=O)Oc1ccccc1. The smallest absolute Gasteiger partial charge is 0.334 e. The van der Waals surface area contributed by atoms with Crippen LogP contribution in [-0.4, -0.2) is 17.9 Å². The highest BCUT2D eigenvalue weighted by Gasteiger charge is 2.19. The Morgan fingerprint density at radius 2 is 1.94 bits per heavy atom. The maximum atomic E-state index is 11.6. The number of amides is 1. The molecule has 1 N–H and O–H groups in total. The fourth-order valence-corrected chi connectivity index (χ4v) is 1.25. The maximum Gasteiger partial charge on any atom is 0.334 e. The molecule has 0 aliphatic carbocycles. The van der Waals surface area contributed by atoms with E-state index in [0.717, 1.165) is 0 Å². The van der Waals surface area contributed by atoms with Crippen molar-refractivity contribution >= 4 is 11.9 Å². The molecule has 0 saturated heterocycles. The lowest BCUT2D eigenvalue weighted by molar-refractivity contribution is -0.139. The molecule has 16 heavy (non-hydrogen) atoms. The van der Waals surface area contributed by atoms with Gasteiger partial charge in [0.1, 0.15) is 11.8 Å². The van der Waals surface area contributed by atoms with Crippen LogP contribution in [0.1, 0.15) is 20.3 Å². The quantitative estimate of drug-likeness (QED) is 0.619. The Bertz CT molecular complexity index is 362. The normalized spacial score (nSPS) is 11.6. The standard InChI is InChI=1S/C12H15NO3/c1-3-11(13-9(2)14)12(15)16-10-7-5-4-6-8-10/h4-8,11H,3H2,1-2H3,(H,13,14). The molecule has 0 saturated carbocycles. The highest BCUT2D eigenvalue weighted by Crippen LogP contribution is 2.09. The van der Waals surface area contributed by atoms with Crippen molar-refractivity contribution in [2.45, 2.75) is 26.3 Å². The molecule has 0 bridgehead atoms. The number of ether oxygens (including phenoxy) is 1. The van der Waals surface area contributed by atoms with Crippen LogP contribution in [0.15, 0.2) is 30.3 Å². The maximum absolute atomic E-state index is 11.6. The van der Waals surface area contributed by atoms with Crippen molar-refractivity contribution in [3.05, 3.63) is 30.3 Å². The van der Waals surface area contributed by atoms with E-state index in [2.05, 4.69) is 5.32 Å². The molecule has 0 heterocycles. The Labute approximate surface area is 94.6 Å². The zero-order valence-corrected chi connectivity index (χ0v) is 9.40. The van der Waals surface area contributed by atoms with Crippen LogP contribution >= 0.6 is 0 Å². The van der Waals surface area contributed by atoms with E-state index in [1.165, 1.54) is 6.92 Å². The number of nitrogens with one attached hydrogen (secondary N) is 1. The van der Waals surface area contributed by atoms with Crippen LogP contribution in [-0.2, 0) is 9.59 Å². The van der Waals surface area contributed by atoms with Crippen molar-refractivity contribution in [2.75, 3.05) is 0 Å². The van der Waals surface area contributed by atoms with Crippen molar-refractivity contribution < 1.29 is 14.3 Å². The first-order chi connectivity index (χ1) is 7.63. The van der Waals surface area contributed by atoms with E-state index >= 15 is 0 Å². The van der Waals surface area contributed by atoms with Crippen LogP contribution < -0.4 is 10.1 Å². The summed E-state index contributed by atoms with van der Waals surface area (Å²) in [5, 5.41) is 2.54. The molecule has 86 valence electrons. The fourth-order valence-electron chi connectivity index (χ4n) is 1.25. The number of para-hydroxylation sites is 1. The number of carbonyl (C=O) groups excluding carboxylic acids is 2. The van der Waals surface area contributed by atoms with Gasteiger partial charge in [-0.15, -0.1) is 0 Å². The Hall–Kier alpha value is -1.84. The molecule has 1 aromatic carbocycles. The van der Waals surface area contributed by atoms with Crippen LogP contribution in [0.25, 0.3) is 0 Å². The zero-order chi connectivity index (χ0) is 12.0. The third-order valence-corrected chi connectivity index (χ3v) is 2.03. The summed E-state index contributed by atoms with van der Waals surface area (Å²) in [6.07, 6.45) is 0.505. The first-order valence-corrected chi connectivity index (χ1v) is 5.17. The van der Waals surface area contributed by atoms with E-state index in [1.807, 2.05) is 13.0 Å². The monoisotopic (exact) mass is 221 g/mol. The summed E-state index contributed by atoms with van der Waals surface area (Å²) >= 11 is 0. The highest BCUT2D eigenvalue weighted by molar-refractivity contribution is 5.84. The molecule has 1 rings (SSSR count).